The Bertz CT molecular complexity index is 240. The highest BCUT2D eigenvalue weighted by atomic mass is 32.2. The van der Waals surface area contributed by atoms with Crippen molar-refractivity contribution in [1.29, 1.82) is 0 Å². The van der Waals surface area contributed by atoms with Gasteiger partial charge in [-0.25, -0.2) is 0 Å². The van der Waals surface area contributed by atoms with Gasteiger partial charge in [0.1, 0.15) is 0 Å². The molecule has 2 aliphatic rings. The lowest BCUT2D eigenvalue weighted by Crippen LogP contribution is -2.48. The molecule has 2 nitrogen and oxygen atoms in total. The molecule has 0 aromatic carbocycles. The summed E-state index contributed by atoms with van der Waals surface area (Å²) >= 11 is 2.07. The Balaban J connectivity index is 2.00. The molecular weight excluding hydrogens is 230 g/mol. The maximum atomic E-state index is 6.12. The van der Waals surface area contributed by atoms with E-state index in [1.54, 1.807) is 0 Å². The van der Waals surface area contributed by atoms with E-state index in [4.69, 9.17) is 4.74 Å². The van der Waals surface area contributed by atoms with Crippen LogP contribution < -0.4 is 5.32 Å². The van der Waals surface area contributed by atoms with Crippen molar-refractivity contribution in [2.24, 2.45) is 11.8 Å². The van der Waals surface area contributed by atoms with E-state index in [1.807, 2.05) is 0 Å². The monoisotopic (exact) mass is 257 g/mol. The molecule has 0 bridgehead atoms. The number of thioether (sulfide) groups is 1. The quantitative estimate of drug-likeness (QED) is 0.837. The lowest BCUT2D eigenvalue weighted by molar-refractivity contribution is -0.0876. The van der Waals surface area contributed by atoms with Crippen molar-refractivity contribution < 1.29 is 4.74 Å². The van der Waals surface area contributed by atoms with E-state index in [0.29, 0.717) is 6.04 Å². The molecule has 0 radical (unpaired) electrons. The van der Waals surface area contributed by atoms with Crippen molar-refractivity contribution in [1.82, 2.24) is 5.32 Å². The van der Waals surface area contributed by atoms with Crippen molar-refractivity contribution in [3.63, 3.8) is 0 Å². The van der Waals surface area contributed by atoms with Crippen LogP contribution in [0.15, 0.2) is 0 Å². The summed E-state index contributed by atoms with van der Waals surface area (Å²) in [4.78, 5) is 0. The van der Waals surface area contributed by atoms with E-state index >= 15 is 0 Å². The van der Waals surface area contributed by atoms with E-state index < -0.39 is 0 Å². The summed E-state index contributed by atoms with van der Waals surface area (Å²) in [7, 11) is 2.13. The second-order valence-corrected chi connectivity index (χ2v) is 6.89. The molecule has 2 rings (SSSR count). The molecule has 0 saturated carbocycles. The Kier molecular flexibility index (Phi) is 4.79. The maximum absolute atomic E-state index is 6.12. The van der Waals surface area contributed by atoms with E-state index in [0.717, 1.165) is 18.4 Å². The molecule has 3 heteroatoms. The Morgan fingerprint density at radius 2 is 2.35 bits per heavy atom. The fourth-order valence-corrected chi connectivity index (χ4v) is 4.85. The molecule has 2 heterocycles. The average molecular weight is 257 g/mol. The molecule has 1 N–H and O–H groups in total. The van der Waals surface area contributed by atoms with Gasteiger partial charge in [0, 0.05) is 18.4 Å². The van der Waals surface area contributed by atoms with Gasteiger partial charge >= 0.3 is 0 Å². The normalized spacial score (nSPS) is 37.2. The van der Waals surface area contributed by atoms with Crippen molar-refractivity contribution in [2.75, 3.05) is 25.2 Å². The molecule has 0 aromatic heterocycles. The topological polar surface area (TPSA) is 21.3 Å². The highest BCUT2D eigenvalue weighted by Crippen LogP contribution is 2.42. The summed E-state index contributed by atoms with van der Waals surface area (Å²) in [6, 6.07) is 0.673. The van der Waals surface area contributed by atoms with Gasteiger partial charge < -0.3 is 10.1 Å². The van der Waals surface area contributed by atoms with Crippen LogP contribution in [-0.4, -0.2) is 36.8 Å². The Labute approximate surface area is 110 Å². The number of rotatable bonds is 4. The minimum Gasteiger partial charge on any atom is -0.374 e. The summed E-state index contributed by atoms with van der Waals surface area (Å²) in [5.41, 5.74) is 0.232. The first-order valence-corrected chi connectivity index (χ1v) is 8.25. The van der Waals surface area contributed by atoms with E-state index in [9.17, 15) is 0 Å². The Morgan fingerprint density at radius 1 is 1.53 bits per heavy atom. The van der Waals surface area contributed by atoms with Crippen LogP contribution in [0.1, 0.15) is 39.5 Å². The third-order valence-corrected chi connectivity index (χ3v) is 5.92. The van der Waals surface area contributed by atoms with Crippen LogP contribution in [-0.2, 0) is 4.74 Å². The summed E-state index contributed by atoms with van der Waals surface area (Å²) in [5, 5.41) is 3.57. The molecule has 2 fully saturated rings. The van der Waals surface area contributed by atoms with Gasteiger partial charge in [-0.15, -0.1) is 0 Å². The van der Waals surface area contributed by atoms with Gasteiger partial charge in [-0.05, 0) is 43.9 Å². The molecule has 0 aromatic rings. The van der Waals surface area contributed by atoms with Crippen LogP contribution in [0.5, 0.6) is 0 Å². The average Bonchev–Trinajstić information content (AvgIpc) is 2.78. The minimum atomic E-state index is 0.232. The van der Waals surface area contributed by atoms with Gasteiger partial charge in [-0.1, -0.05) is 20.3 Å². The van der Waals surface area contributed by atoms with Gasteiger partial charge in [0.15, 0.2) is 0 Å². The van der Waals surface area contributed by atoms with Gasteiger partial charge in [-0.2, -0.15) is 11.8 Å². The van der Waals surface area contributed by atoms with Crippen molar-refractivity contribution in [3.05, 3.63) is 0 Å². The number of nitrogens with one attached hydrogen (secondary N) is 1. The van der Waals surface area contributed by atoms with Crippen molar-refractivity contribution in [3.8, 4) is 0 Å². The molecule has 4 atom stereocenters. The van der Waals surface area contributed by atoms with E-state index in [-0.39, 0.29) is 5.60 Å². The number of hydrogen-bond acceptors (Lipinski definition) is 3. The summed E-state index contributed by atoms with van der Waals surface area (Å²) < 4.78 is 6.12. The zero-order chi connectivity index (χ0) is 12.3. The van der Waals surface area contributed by atoms with Crippen LogP contribution in [0.4, 0.5) is 0 Å². The first-order valence-electron chi connectivity index (χ1n) is 7.10. The predicted molar refractivity (Wildman–Crippen MR) is 75.7 cm³/mol. The van der Waals surface area contributed by atoms with Crippen LogP contribution in [0.3, 0.4) is 0 Å². The van der Waals surface area contributed by atoms with Crippen molar-refractivity contribution >= 4 is 11.8 Å². The summed E-state index contributed by atoms with van der Waals surface area (Å²) in [5.74, 6) is 4.09. The maximum Gasteiger partial charge on any atom is 0.0783 e. The molecule has 2 saturated heterocycles. The fraction of sp³-hybridized carbons (Fsp3) is 1.00. The zero-order valence-electron chi connectivity index (χ0n) is 11.5. The molecule has 0 amide bonds. The summed E-state index contributed by atoms with van der Waals surface area (Å²) in [6.45, 7) is 5.65. The minimum absolute atomic E-state index is 0.232. The van der Waals surface area contributed by atoms with Crippen molar-refractivity contribution in [2.45, 2.75) is 51.2 Å². The Hall–Kier alpha value is 0.270. The molecule has 100 valence electrons. The highest BCUT2D eigenvalue weighted by Gasteiger charge is 2.42. The molecule has 4 unspecified atom stereocenters. The van der Waals surface area contributed by atoms with Gasteiger partial charge in [0.05, 0.1) is 5.60 Å². The third-order valence-electron chi connectivity index (χ3n) is 4.70. The Morgan fingerprint density at radius 3 is 2.94 bits per heavy atom. The molecule has 2 aliphatic heterocycles. The van der Waals surface area contributed by atoms with Gasteiger partial charge in [-0.3, -0.25) is 0 Å². The largest absolute Gasteiger partial charge is 0.374 e. The summed E-state index contributed by atoms with van der Waals surface area (Å²) in [6.07, 6.45) is 5.05. The molecule has 1 spiro atoms. The van der Waals surface area contributed by atoms with Gasteiger partial charge in [0.2, 0.25) is 0 Å². The first kappa shape index (κ1) is 13.7. The van der Waals surface area contributed by atoms with Gasteiger partial charge in [0.25, 0.3) is 0 Å². The first-order chi connectivity index (χ1) is 8.21. The molecule has 0 aliphatic carbocycles. The molecule has 17 heavy (non-hydrogen) atoms. The van der Waals surface area contributed by atoms with E-state index in [1.165, 1.54) is 37.2 Å². The van der Waals surface area contributed by atoms with E-state index in [2.05, 4.69) is 38.0 Å². The number of hydrogen-bond donors (Lipinski definition) is 1. The lowest BCUT2D eigenvalue weighted by Gasteiger charge is -2.42. The molecular formula is C14H27NOS. The highest BCUT2D eigenvalue weighted by molar-refractivity contribution is 7.99. The standard InChI is InChI=1S/C14H27NOS/c1-4-11(2)13(15-3)12-5-7-16-14(9-12)6-8-17-10-14/h11-13,15H,4-10H2,1-3H3. The lowest BCUT2D eigenvalue weighted by atomic mass is 9.77. The van der Waals surface area contributed by atoms with Crippen LogP contribution >= 0.6 is 11.8 Å². The second kappa shape index (κ2) is 5.94. The second-order valence-electron chi connectivity index (χ2n) is 5.79. The van der Waals surface area contributed by atoms with Crippen LogP contribution in [0.25, 0.3) is 0 Å². The predicted octanol–water partition coefficient (Wildman–Crippen LogP) is 2.92. The SMILES string of the molecule is CCC(C)C(NC)C1CCOC2(CCSC2)C1. The van der Waals surface area contributed by atoms with Crippen LogP contribution in [0, 0.1) is 11.8 Å². The fourth-order valence-electron chi connectivity index (χ4n) is 3.47. The number of ether oxygens (including phenoxy) is 1. The smallest absolute Gasteiger partial charge is 0.0783 e. The van der Waals surface area contributed by atoms with Crippen LogP contribution in [0.2, 0.25) is 0 Å². The zero-order valence-corrected chi connectivity index (χ0v) is 12.3. The third kappa shape index (κ3) is 2.99.